The number of carboxylic acids is 1. The second kappa shape index (κ2) is 2.80. The predicted molar refractivity (Wildman–Crippen MR) is 47.6 cm³/mol. The monoisotopic (exact) mass is 266 g/mol. The molecule has 1 aromatic heterocycles. The van der Waals surface area contributed by atoms with Gasteiger partial charge in [0.2, 0.25) is 0 Å². The number of halogens is 1. The van der Waals surface area contributed by atoms with E-state index in [-0.39, 0.29) is 0 Å². The van der Waals surface area contributed by atoms with Crippen LogP contribution in [0.2, 0.25) is 0 Å². The molecule has 4 nitrogen and oxygen atoms in total. The SMILES string of the molecule is Cc1nn(C)c(I)c1C(=O)O. The van der Waals surface area contributed by atoms with Gasteiger partial charge in [-0.1, -0.05) is 0 Å². The fraction of sp³-hybridized carbons (Fsp3) is 0.333. The van der Waals surface area contributed by atoms with Gasteiger partial charge in [-0.3, -0.25) is 4.68 Å². The molecule has 0 aromatic carbocycles. The molecule has 0 radical (unpaired) electrons. The maximum Gasteiger partial charge on any atom is 0.340 e. The molecular weight excluding hydrogens is 259 g/mol. The predicted octanol–water partition coefficient (Wildman–Crippen LogP) is 1.03. The molecule has 1 rings (SSSR count). The Kier molecular flexibility index (Phi) is 2.17. The molecule has 11 heavy (non-hydrogen) atoms. The first-order valence-electron chi connectivity index (χ1n) is 2.96. The van der Waals surface area contributed by atoms with Crippen molar-refractivity contribution >= 4 is 28.6 Å². The van der Waals surface area contributed by atoms with Crippen molar-refractivity contribution in [1.82, 2.24) is 9.78 Å². The number of hydrogen-bond donors (Lipinski definition) is 1. The molecule has 0 fully saturated rings. The standard InChI is InChI=1S/C6H7IN2O2/c1-3-4(6(10)11)5(7)9(2)8-3/h1-2H3,(H,10,11). The van der Waals surface area contributed by atoms with Crippen LogP contribution in [-0.2, 0) is 7.05 Å². The van der Waals surface area contributed by atoms with Crippen molar-refractivity contribution in [3.63, 3.8) is 0 Å². The number of aromatic carboxylic acids is 1. The highest BCUT2D eigenvalue weighted by atomic mass is 127. The van der Waals surface area contributed by atoms with E-state index in [9.17, 15) is 4.79 Å². The number of nitrogens with zero attached hydrogens (tertiary/aromatic N) is 2. The summed E-state index contributed by atoms with van der Waals surface area (Å²) in [6, 6.07) is 0. The zero-order valence-corrected chi connectivity index (χ0v) is 8.29. The van der Waals surface area contributed by atoms with E-state index in [0.717, 1.165) is 0 Å². The van der Waals surface area contributed by atoms with Gasteiger partial charge in [0.05, 0.1) is 5.69 Å². The summed E-state index contributed by atoms with van der Waals surface area (Å²) in [5.41, 5.74) is 0.859. The van der Waals surface area contributed by atoms with Crippen molar-refractivity contribution in [2.75, 3.05) is 0 Å². The van der Waals surface area contributed by atoms with Crippen molar-refractivity contribution in [1.29, 1.82) is 0 Å². The van der Waals surface area contributed by atoms with Gasteiger partial charge in [0, 0.05) is 7.05 Å². The van der Waals surface area contributed by atoms with E-state index in [1.54, 1.807) is 18.7 Å². The second-order valence-corrected chi connectivity index (χ2v) is 3.20. The van der Waals surface area contributed by atoms with Crippen molar-refractivity contribution in [2.45, 2.75) is 6.92 Å². The third-order valence-electron chi connectivity index (χ3n) is 1.37. The first-order valence-corrected chi connectivity index (χ1v) is 4.04. The Morgan fingerprint density at radius 3 is 2.45 bits per heavy atom. The van der Waals surface area contributed by atoms with Crippen LogP contribution >= 0.6 is 22.6 Å². The van der Waals surface area contributed by atoms with Gasteiger partial charge >= 0.3 is 5.97 Å². The van der Waals surface area contributed by atoms with Gasteiger partial charge in [-0.05, 0) is 29.5 Å². The van der Waals surface area contributed by atoms with Gasteiger partial charge in [0.1, 0.15) is 9.26 Å². The summed E-state index contributed by atoms with van der Waals surface area (Å²) >= 11 is 1.96. The van der Waals surface area contributed by atoms with Crippen LogP contribution in [0.5, 0.6) is 0 Å². The van der Waals surface area contributed by atoms with Gasteiger partial charge in [-0.15, -0.1) is 0 Å². The van der Waals surface area contributed by atoms with E-state index in [2.05, 4.69) is 5.10 Å². The smallest absolute Gasteiger partial charge is 0.340 e. The van der Waals surface area contributed by atoms with E-state index in [1.165, 1.54) is 0 Å². The number of carbonyl (C=O) groups is 1. The number of carboxylic acid groups (broad SMARTS) is 1. The summed E-state index contributed by atoms with van der Waals surface area (Å²) < 4.78 is 2.21. The van der Waals surface area contributed by atoms with Crippen LogP contribution in [-0.4, -0.2) is 20.9 Å². The summed E-state index contributed by atoms with van der Waals surface area (Å²) in [5.74, 6) is -0.917. The summed E-state index contributed by atoms with van der Waals surface area (Å²) in [6.45, 7) is 1.69. The van der Waals surface area contributed by atoms with Gasteiger partial charge in [-0.25, -0.2) is 4.79 Å². The maximum absolute atomic E-state index is 10.6. The lowest BCUT2D eigenvalue weighted by molar-refractivity contribution is 0.0695. The Morgan fingerprint density at radius 2 is 2.27 bits per heavy atom. The maximum atomic E-state index is 10.6. The molecule has 0 aliphatic rings. The van der Waals surface area contributed by atoms with Crippen molar-refractivity contribution in [3.05, 3.63) is 15.0 Å². The molecule has 0 saturated carbocycles. The Hall–Kier alpha value is -0.590. The molecule has 5 heteroatoms. The number of rotatable bonds is 1. The number of aromatic nitrogens is 2. The van der Waals surface area contributed by atoms with Crippen LogP contribution < -0.4 is 0 Å². The average Bonchev–Trinajstić information content (AvgIpc) is 2.07. The van der Waals surface area contributed by atoms with Crippen LogP contribution in [0.3, 0.4) is 0 Å². The summed E-state index contributed by atoms with van der Waals surface area (Å²) in [4.78, 5) is 10.6. The van der Waals surface area contributed by atoms with E-state index in [4.69, 9.17) is 5.11 Å². The Morgan fingerprint density at radius 1 is 1.73 bits per heavy atom. The second-order valence-electron chi connectivity index (χ2n) is 2.18. The fourth-order valence-electron chi connectivity index (χ4n) is 0.873. The topological polar surface area (TPSA) is 55.1 Å². The molecule has 0 unspecified atom stereocenters. The molecule has 0 spiro atoms. The lowest BCUT2D eigenvalue weighted by Gasteiger charge is -1.91. The molecule has 0 saturated heterocycles. The third kappa shape index (κ3) is 1.37. The zero-order chi connectivity index (χ0) is 8.59. The largest absolute Gasteiger partial charge is 0.478 e. The lowest BCUT2D eigenvalue weighted by Crippen LogP contribution is -2.00. The van der Waals surface area contributed by atoms with E-state index >= 15 is 0 Å². The Bertz CT molecular complexity index is 306. The molecule has 0 aliphatic heterocycles. The molecule has 1 aromatic rings. The minimum absolute atomic E-state index is 0.299. The molecule has 0 amide bonds. The average molecular weight is 266 g/mol. The van der Waals surface area contributed by atoms with Crippen molar-refractivity contribution in [3.8, 4) is 0 Å². The van der Waals surface area contributed by atoms with E-state index in [0.29, 0.717) is 15.0 Å². The Labute approximate surface area is 77.4 Å². The highest BCUT2D eigenvalue weighted by molar-refractivity contribution is 14.1. The van der Waals surface area contributed by atoms with E-state index < -0.39 is 5.97 Å². The minimum Gasteiger partial charge on any atom is -0.478 e. The molecule has 60 valence electrons. The fourth-order valence-corrected chi connectivity index (χ4v) is 1.60. The number of aryl methyl sites for hydroxylation is 2. The number of hydrogen-bond acceptors (Lipinski definition) is 2. The van der Waals surface area contributed by atoms with Gasteiger partial charge in [-0.2, -0.15) is 5.10 Å². The summed E-state index contributed by atoms with van der Waals surface area (Å²) in [6.07, 6.45) is 0. The van der Waals surface area contributed by atoms with Crippen LogP contribution in [0.15, 0.2) is 0 Å². The van der Waals surface area contributed by atoms with Crippen LogP contribution in [0.1, 0.15) is 16.1 Å². The zero-order valence-electron chi connectivity index (χ0n) is 6.13. The molecular formula is C6H7IN2O2. The lowest BCUT2D eigenvalue weighted by atomic mass is 10.3. The van der Waals surface area contributed by atoms with E-state index in [1.807, 2.05) is 22.6 Å². The molecule has 0 aliphatic carbocycles. The molecule has 0 bridgehead atoms. The molecule has 1 heterocycles. The first-order chi connectivity index (χ1) is 5.04. The van der Waals surface area contributed by atoms with Gasteiger partial charge < -0.3 is 5.11 Å². The molecule has 1 N–H and O–H groups in total. The van der Waals surface area contributed by atoms with Crippen LogP contribution in [0.4, 0.5) is 0 Å². The highest BCUT2D eigenvalue weighted by Gasteiger charge is 2.16. The van der Waals surface area contributed by atoms with Gasteiger partial charge in [0.25, 0.3) is 0 Å². The van der Waals surface area contributed by atoms with Crippen molar-refractivity contribution in [2.24, 2.45) is 7.05 Å². The summed E-state index contributed by atoms with van der Waals surface area (Å²) in [5, 5.41) is 12.7. The Balaban J connectivity index is 3.34. The first kappa shape index (κ1) is 8.51. The normalized spacial score (nSPS) is 10.1. The van der Waals surface area contributed by atoms with Gasteiger partial charge in [0.15, 0.2) is 0 Å². The quantitative estimate of drug-likeness (QED) is 0.772. The van der Waals surface area contributed by atoms with Crippen molar-refractivity contribution < 1.29 is 9.90 Å². The van der Waals surface area contributed by atoms with Crippen LogP contribution in [0, 0.1) is 10.6 Å². The third-order valence-corrected chi connectivity index (χ3v) is 2.60. The minimum atomic E-state index is -0.917. The highest BCUT2D eigenvalue weighted by Crippen LogP contribution is 2.14. The molecule has 0 atom stereocenters. The summed E-state index contributed by atoms with van der Waals surface area (Å²) in [7, 11) is 1.72. The van der Waals surface area contributed by atoms with Crippen LogP contribution in [0.25, 0.3) is 0 Å².